The fourth-order valence-corrected chi connectivity index (χ4v) is 3.38. The maximum atomic E-state index is 13.1. The van der Waals surface area contributed by atoms with Crippen LogP contribution in [0, 0.1) is 0 Å². The summed E-state index contributed by atoms with van der Waals surface area (Å²) in [6.45, 7) is 0. The maximum absolute atomic E-state index is 13.1. The number of likely N-dealkylation sites (tertiary alicyclic amines) is 1. The molecule has 1 saturated heterocycles. The SMILES string of the molecule is COc1cccc(C(=O)N2C(c3ccc(Cl)cc3)CC[C@H]2C(=O)O)c1. The zero-order valence-corrected chi connectivity index (χ0v) is 14.4. The lowest BCUT2D eigenvalue weighted by atomic mass is 10.0. The molecule has 1 fully saturated rings. The Morgan fingerprint density at radius 2 is 1.88 bits per heavy atom. The second-order valence-corrected chi connectivity index (χ2v) is 6.38. The Morgan fingerprint density at radius 1 is 1.16 bits per heavy atom. The van der Waals surface area contributed by atoms with Gasteiger partial charge in [-0.15, -0.1) is 0 Å². The highest BCUT2D eigenvalue weighted by atomic mass is 35.5. The van der Waals surface area contributed by atoms with E-state index >= 15 is 0 Å². The van der Waals surface area contributed by atoms with E-state index in [0.717, 1.165) is 5.56 Å². The first-order valence-electron chi connectivity index (χ1n) is 7.96. The van der Waals surface area contributed by atoms with Crippen LogP contribution in [0.15, 0.2) is 48.5 Å². The van der Waals surface area contributed by atoms with Gasteiger partial charge in [-0.25, -0.2) is 4.79 Å². The van der Waals surface area contributed by atoms with Gasteiger partial charge in [0, 0.05) is 10.6 Å². The molecule has 0 aliphatic carbocycles. The number of hydrogen-bond donors (Lipinski definition) is 1. The Labute approximate surface area is 150 Å². The summed E-state index contributed by atoms with van der Waals surface area (Å²) in [7, 11) is 1.52. The first-order valence-corrected chi connectivity index (χ1v) is 8.34. The number of carboxylic acids is 1. The van der Waals surface area contributed by atoms with Crippen molar-refractivity contribution in [3.63, 3.8) is 0 Å². The number of aliphatic carboxylic acids is 1. The second-order valence-electron chi connectivity index (χ2n) is 5.94. The zero-order valence-electron chi connectivity index (χ0n) is 13.7. The highest BCUT2D eigenvalue weighted by Gasteiger charge is 2.41. The van der Waals surface area contributed by atoms with Gasteiger partial charge in [0.25, 0.3) is 5.91 Å². The highest BCUT2D eigenvalue weighted by Crippen LogP contribution is 2.38. The van der Waals surface area contributed by atoms with E-state index in [1.54, 1.807) is 36.4 Å². The lowest BCUT2D eigenvalue weighted by molar-refractivity contribution is -0.141. The molecular formula is C19H18ClNO4. The summed E-state index contributed by atoms with van der Waals surface area (Å²) in [5.74, 6) is -0.753. The molecule has 5 nitrogen and oxygen atoms in total. The molecular weight excluding hydrogens is 342 g/mol. The molecule has 0 aromatic heterocycles. The third-order valence-electron chi connectivity index (χ3n) is 4.48. The lowest BCUT2D eigenvalue weighted by Crippen LogP contribution is -2.41. The predicted octanol–water partition coefficient (Wildman–Crippen LogP) is 3.78. The van der Waals surface area contributed by atoms with E-state index in [4.69, 9.17) is 16.3 Å². The van der Waals surface area contributed by atoms with E-state index in [0.29, 0.717) is 29.2 Å². The minimum Gasteiger partial charge on any atom is -0.497 e. The van der Waals surface area contributed by atoms with Gasteiger partial charge < -0.3 is 14.7 Å². The molecule has 1 amide bonds. The van der Waals surface area contributed by atoms with Crippen molar-refractivity contribution in [2.45, 2.75) is 24.9 Å². The van der Waals surface area contributed by atoms with Crippen LogP contribution in [0.4, 0.5) is 0 Å². The number of halogens is 1. The number of carbonyl (C=O) groups is 2. The molecule has 25 heavy (non-hydrogen) atoms. The van der Waals surface area contributed by atoms with Crippen LogP contribution in [-0.4, -0.2) is 35.0 Å². The fourth-order valence-electron chi connectivity index (χ4n) is 3.25. The Morgan fingerprint density at radius 3 is 2.52 bits per heavy atom. The third kappa shape index (κ3) is 3.46. The topological polar surface area (TPSA) is 66.8 Å². The molecule has 1 aliphatic rings. The van der Waals surface area contributed by atoms with Gasteiger partial charge in [-0.3, -0.25) is 4.79 Å². The molecule has 2 atom stereocenters. The molecule has 1 N–H and O–H groups in total. The molecule has 1 heterocycles. The van der Waals surface area contributed by atoms with E-state index < -0.39 is 12.0 Å². The Kier molecular flexibility index (Phi) is 4.95. The average Bonchev–Trinajstić information content (AvgIpc) is 3.07. The molecule has 1 aliphatic heterocycles. The summed E-state index contributed by atoms with van der Waals surface area (Å²) in [4.78, 5) is 26.2. The molecule has 0 radical (unpaired) electrons. The van der Waals surface area contributed by atoms with E-state index in [1.807, 2.05) is 12.1 Å². The summed E-state index contributed by atoms with van der Waals surface area (Å²) >= 11 is 5.94. The summed E-state index contributed by atoms with van der Waals surface area (Å²) < 4.78 is 5.16. The van der Waals surface area contributed by atoms with Gasteiger partial charge in [-0.2, -0.15) is 0 Å². The molecule has 1 unspecified atom stereocenters. The van der Waals surface area contributed by atoms with Crippen LogP contribution < -0.4 is 4.74 Å². The number of nitrogens with zero attached hydrogens (tertiary/aromatic N) is 1. The van der Waals surface area contributed by atoms with Gasteiger partial charge in [0.05, 0.1) is 13.2 Å². The fraction of sp³-hybridized carbons (Fsp3) is 0.263. The van der Waals surface area contributed by atoms with Crippen molar-refractivity contribution >= 4 is 23.5 Å². The van der Waals surface area contributed by atoms with Crippen LogP contribution in [0.2, 0.25) is 5.02 Å². The molecule has 6 heteroatoms. The summed E-state index contributed by atoms with van der Waals surface area (Å²) in [5, 5.41) is 10.1. The Balaban J connectivity index is 1.98. The van der Waals surface area contributed by atoms with Crippen LogP contribution >= 0.6 is 11.6 Å². The van der Waals surface area contributed by atoms with Gasteiger partial charge in [-0.05, 0) is 48.7 Å². The third-order valence-corrected chi connectivity index (χ3v) is 4.73. The van der Waals surface area contributed by atoms with Gasteiger partial charge >= 0.3 is 5.97 Å². The van der Waals surface area contributed by atoms with Crippen LogP contribution in [0.1, 0.15) is 34.8 Å². The number of carbonyl (C=O) groups excluding carboxylic acids is 1. The van der Waals surface area contributed by atoms with Gasteiger partial charge in [0.2, 0.25) is 0 Å². The van der Waals surface area contributed by atoms with Gasteiger partial charge in [0.1, 0.15) is 11.8 Å². The maximum Gasteiger partial charge on any atom is 0.326 e. The summed E-state index contributed by atoms with van der Waals surface area (Å²) in [6, 6.07) is 12.8. The standard InChI is InChI=1S/C19H18ClNO4/c1-25-15-4-2-3-13(11-15)18(22)21-16(9-10-17(21)19(23)24)12-5-7-14(20)8-6-12/h2-8,11,16-17H,9-10H2,1H3,(H,23,24)/t16?,17-/m0/s1. The second kappa shape index (κ2) is 7.15. The Bertz CT molecular complexity index is 790. The lowest BCUT2D eigenvalue weighted by Gasteiger charge is -2.29. The number of amides is 1. The number of methoxy groups -OCH3 is 1. The van der Waals surface area contributed by atoms with E-state index in [1.165, 1.54) is 12.0 Å². The number of ether oxygens (including phenoxy) is 1. The van der Waals surface area contributed by atoms with E-state index in [-0.39, 0.29) is 11.9 Å². The number of benzene rings is 2. The van der Waals surface area contributed by atoms with Crippen molar-refractivity contribution in [1.29, 1.82) is 0 Å². The molecule has 0 bridgehead atoms. The first-order chi connectivity index (χ1) is 12.0. The van der Waals surface area contributed by atoms with Gasteiger partial charge in [-0.1, -0.05) is 29.8 Å². The van der Waals surface area contributed by atoms with E-state index in [2.05, 4.69) is 0 Å². The molecule has 130 valence electrons. The van der Waals surface area contributed by atoms with Crippen molar-refractivity contribution in [3.05, 3.63) is 64.7 Å². The minimum absolute atomic E-state index is 0.294. The normalized spacial score (nSPS) is 19.7. The van der Waals surface area contributed by atoms with Gasteiger partial charge in [0.15, 0.2) is 0 Å². The predicted molar refractivity (Wildman–Crippen MR) is 94.0 cm³/mol. The molecule has 0 spiro atoms. The van der Waals surface area contributed by atoms with Crippen LogP contribution in [0.25, 0.3) is 0 Å². The average molecular weight is 360 g/mol. The van der Waals surface area contributed by atoms with Crippen LogP contribution in [-0.2, 0) is 4.79 Å². The van der Waals surface area contributed by atoms with Crippen LogP contribution in [0.5, 0.6) is 5.75 Å². The minimum atomic E-state index is -0.993. The first kappa shape index (κ1) is 17.3. The summed E-state index contributed by atoms with van der Waals surface area (Å²) in [6.07, 6.45) is 1.01. The molecule has 0 saturated carbocycles. The van der Waals surface area contributed by atoms with Crippen molar-refractivity contribution in [3.8, 4) is 5.75 Å². The highest BCUT2D eigenvalue weighted by molar-refractivity contribution is 6.30. The van der Waals surface area contributed by atoms with Crippen molar-refractivity contribution in [1.82, 2.24) is 4.90 Å². The molecule has 2 aromatic rings. The monoisotopic (exact) mass is 359 g/mol. The van der Waals surface area contributed by atoms with Crippen LogP contribution in [0.3, 0.4) is 0 Å². The molecule has 3 rings (SSSR count). The van der Waals surface area contributed by atoms with Crippen molar-refractivity contribution in [2.24, 2.45) is 0 Å². The van der Waals surface area contributed by atoms with Crippen molar-refractivity contribution in [2.75, 3.05) is 7.11 Å². The zero-order chi connectivity index (χ0) is 18.0. The smallest absolute Gasteiger partial charge is 0.326 e. The van der Waals surface area contributed by atoms with E-state index in [9.17, 15) is 14.7 Å². The van der Waals surface area contributed by atoms with Crippen molar-refractivity contribution < 1.29 is 19.4 Å². The number of rotatable bonds is 4. The Hall–Kier alpha value is -2.53. The number of carboxylic acid groups (broad SMARTS) is 1. The molecule has 2 aromatic carbocycles. The largest absolute Gasteiger partial charge is 0.497 e. The number of hydrogen-bond acceptors (Lipinski definition) is 3. The quantitative estimate of drug-likeness (QED) is 0.902. The summed E-state index contributed by atoms with van der Waals surface area (Å²) in [5.41, 5.74) is 1.29.